The van der Waals surface area contributed by atoms with Crippen molar-refractivity contribution in [3.63, 3.8) is 0 Å². The van der Waals surface area contributed by atoms with Gasteiger partial charge in [0.25, 0.3) is 0 Å². The van der Waals surface area contributed by atoms with Gasteiger partial charge >= 0.3 is 5.63 Å². The molecular formula is C15H15N5O2. The van der Waals surface area contributed by atoms with Gasteiger partial charge in [-0.1, -0.05) is 17.3 Å². The smallest absolute Gasteiger partial charge is 0.338 e. The second kappa shape index (κ2) is 5.25. The number of hydrogen-bond acceptors (Lipinski definition) is 6. The van der Waals surface area contributed by atoms with Crippen molar-refractivity contribution >= 4 is 16.7 Å². The Balaban J connectivity index is 1.63. The zero-order valence-electron chi connectivity index (χ0n) is 11.9. The van der Waals surface area contributed by atoms with Gasteiger partial charge in [0, 0.05) is 30.5 Å². The molecule has 2 aromatic heterocycles. The molecule has 22 heavy (non-hydrogen) atoms. The Morgan fingerprint density at radius 2 is 2.05 bits per heavy atom. The Bertz CT molecular complexity index is 835. The SMILES string of the molecule is O=c1cc(N2CCC(c3nn[nH]n3)CC2)c2ccccc2o1. The highest BCUT2D eigenvalue weighted by atomic mass is 16.4. The first kappa shape index (κ1) is 13.0. The summed E-state index contributed by atoms with van der Waals surface area (Å²) in [6.45, 7) is 1.71. The van der Waals surface area contributed by atoms with Crippen molar-refractivity contribution in [1.29, 1.82) is 0 Å². The van der Waals surface area contributed by atoms with Crippen LogP contribution in [-0.4, -0.2) is 33.7 Å². The molecule has 1 aliphatic heterocycles. The minimum Gasteiger partial charge on any atom is -0.423 e. The van der Waals surface area contributed by atoms with Crippen LogP contribution in [0.4, 0.5) is 5.69 Å². The minimum atomic E-state index is -0.311. The summed E-state index contributed by atoms with van der Waals surface area (Å²) in [5, 5.41) is 15.2. The maximum absolute atomic E-state index is 11.8. The predicted octanol–water partition coefficient (Wildman–Crippen LogP) is 1.69. The maximum atomic E-state index is 11.8. The molecule has 0 atom stereocenters. The summed E-state index contributed by atoms with van der Waals surface area (Å²) in [6.07, 6.45) is 1.88. The van der Waals surface area contributed by atoms with Crippen LogP contribution in [0.1, 0.15) is 24.6 Å². The largest absolute Gasteiger partial charge is 0.423 e. The van der Waals surface area contributed by atoms with Gasteiger partial charge in [-0.3, -0.25) is 0 Å². The molecule has 7 heteroatoms. The molecule has 0 aliphatic carbocycles. The number of fused-ring (bicyclic) bond motifs is 1. The van der Waals surface area contributed by atoms with Crippen molar-refractivity contribution < 1.29 is 4.42 Å². The van der Waals surface area contributed by atoms with Crippen molar-refractivity contribution in [2.75, 3.05) is 18.0 Å². The van der Waals surface area contributed by atoms with E-state index in [1.807, 2.05) is 24.3 Å². The fraction of sp³-hybridized carbons (Fsp3) is 0.333. The van der Waals surface area contributed by atoms with E-state index in [1.165, 1.54) is 0 Å². The molecule has 0 saturated carbocycles. The summed E-state index contributed by atoms with van der Waals surface area (Å²) >= 11 is 0. The van der Waals surface area contributed by atoms with E-state index in [1.54, 1.807) is 6.07 Å². The topological polar surface area (TPSA) is 87.9 Å². The van der Waals surface area contributed by atoms with Crippen molar-refractivity contribution in [1.82, 2.24) is 20.6 Å². The third-order valence-electron chi connectivity index (χ3n) is 4.19. The minimum absolute atomic E-state index is 0.311. The molecular weight excluding hydrogens is 282 g/mol. The average molecular weight is 297 g/mol. The van der Waals surface area contributed by atoms with E-state index in [-0.39, 0.29) is 5.63 Å². The molecule has 3 heterocycles. The highest BCUT2D eigenvalue weighted by Gasteiger charge is 2.25. The van der Waals surface area contributed by atoms with Gasteiger partial charge in [-0.15, -0.1) is 10.2 Å². The van der Waals surface area contributed by atoms with Crippen LogP contribution >= 0.6 is 0 Å². The number of tetrazole rings is 1. The zero-order valence-corrected chi connectivity index (χ0v) is 11.9. The Hall–Kier alpha value is -2.70. The lowest BCUT2D eigenvalue weighted by molar-refractivity contribution is 0.485. The van der Waals surface area contributed by atoms with E-state index in [2.05, 4.69) is 25.5 Å². The Labute approximate surface area is 125 Å². The number of H-pyrrole nitrogens is 1. The molecule has 7 nitrogen and oxygen atoms in total. The van der Waals surface area contributed by atoms with E-state index in [0.29, 0.717) is 11.5 Å². The number of nitrogens with zero attached hydrogens (tertiary/aromatic N) is 4. The molecule has 0 bridgehead atoms. The summed E-state index contributed by atoms with van der Waals surface area (Å²) in [6, 6.07) is 9.22. The molecule has 1 saturated heterocycles. The monoisotopic (exact) mass is 297 g/mol. The third kappa shape index (κ3) is 2.24. The number of hydrogen-bond donors (Lipinski definition) is 1. The summed E-state index contributed by atoms with van der Waals surface area (Å²) in [4.78, 5) is 14.0. The van der Waals surface area contributed by atoms with Crippen LogP contribution in [0.5, 0.6) is 0 Å². The van der Waals surface area contributed by atoms with E-state index >= 15 is 0 Å². The number of rotatable bonds is 2. The molecule has 0 spiro atoms. The van der Waals surface area contributed by atoms with Crippen LogP contribution < -0.4 is 10.5 Å². The second-order valence-corrected chi connectivity index (χ2v) is 5.48. The summed E-state index contributed by atoms with van der Waals surface area (Å²) in [5.41, 5.74) is 1.26. The first-order valence-corrected chi connectivity index (χ1v) is 7.32. The number of benzene rings is 1. The fourth-order valence-corrected chi connectivity index (χ4v) is 3.08. The fourth-order valence-electron chi connectivity index (χ4n) is 3.08. The van der Waals surface area contributed by atoms with Crippen molar-refractivity contribution in [2.24, 2.45) is 0 Å². The van der Waals surface area contributed by atoms with E-state index < -0.39 is 0 Å². The maximum Gasteiger partial charge on any atom is 0.338 e. The van der Waals surface area contributed by atoms with Gasteiger partial charge in [0.1, 0.15) is 5.58 Å². The first-order chi connectivity index (χ1) is 10.8. The molecule has 0 unspecified atom stereocenters. The first-order valence-electron chi connectivity index (χ1n) is 7.32. The number of piperidine rings is 1. The van der Waals surface area contributed by atoms with E-state index in [4.69, 9.17) is 4.42 Å². The third-order valence-corrected chi connectivity index (χ3v) is 4.19. The van der Waals surface area contributed by atoms with Crippen LogP contribution in [0.25, 0.3) is 11.0 Å². The number of para-hydroxylation sites is 1. The Kier molecular flexibility index (Phi) is 3.10. The molecule has 3 aromatic rings. The molecule has 112 valence electrons. The van der Waals surface area contributed by atoms with E-state index in [9.17, 15) is 4.79 Å². The predicted molar refractivity (Wildman–Crippen MR) is 80.8 cm³/mol. The summed E-state index contributed by atoms with van der Waals surface area (Å²) in [7, 11) is 0. The van der Waals surface area contributed by atoms with Crippen LogP contribution in [0.3, 0.4) is 0 Å². The van der Waals surface area contributed by atoms with Gasteiger partial charge in [-0.25, -0.2) is 4.79 Å². The van der Waals surface area contributed by atoms with Crippen LogP contribution in [0.15, 0.2) is 39.5 Å². The van der Waals surface area contributed by atoms with Crippen LogP contribution in [-0.2, 0) is 0 Å². The van der Waals surface area contributed by atoms with Crippen molar-refractivity contribution in [3.05, 3.63) is 46.6 Å². The lowest BCUT2D eigenvalue weighted by Crippen LogP contribution is -2.33. The lowest BCUT2D eigenvalue weighted by Gasteiger charge is -2.32. The summed E-state index contributed by atoms with van der Waals surface area (Å²) < 4.78 is 5.26. The number of aromatic amines is 1. The van der Waals surface area contributed by atoms with Crippen molar-refractivity contribution in [3.8, 4) is 0 Å². The quantitative estimate of drug-likeness (QED) is 0.724. The molecule has 1 aromatic carbocycles. The molecule has 0 radical (unpaired) electrons. The van der Waals surface area contributed by atoms with Crippen LogP contribution in [0.2, 0.25) is 0 Å². The summed E-state index contributed by atoms with van der Waals surface area (Å²) in [5.74, 6) is 1.10. The number of anilines is 1. The highest BCUT2D eigenvalue weighted by molar-refractivity contribution is 5.90. The van der Waals surface area contributed by atoms with Gasteiger partial charge in [0.2, 0.25) is 0 Å². The average Bonchev–Trinajstić information content (AvgIpc) is 3.09. The molecule has 1 N–H and O–H groups in total. The molecule has 0 amide bonds. The number of nitrogens with one attached hydrogen (secondary N) is 1. The Morgan fingerprint density at radius 3 is 2.82 bits per heavy atom. The van der Waals surface area contributed by atoms with Gasteiger partial charge < -0.3 is 9.32 Å². The van der Waals surface area contributed by atoms with Gasteiger partial charge in [0.05, 0.1) is 5.69 Å². The Morgan fingerprint density at radius 1 is 1.23 bits per heavy atom. The van der Waals surface area contributed by atoms with Gasteiger partial charge in [0.15, 0.2) is 5.82 Å². The van der Waals surface area contributed by atoms with Gasteiger partial charge in [-0.05, 0) is 25.0 Å². The zero-order chi connectivity index (χ0) is 14.9. The lowest BCUT2D eigenvalue weighted by atomic mass is 9.95. The highest BCUT2D eigenvalue weighted by Crippen LogP contribution is 2.31. The van der Waals surface area contributed by atoms with Crippen LogP contribution in [0, 0.1) is 0 Å². The molecule has 4 rings (SSSR count). The second-order valence-electron chi connectivity index (χ2n) is 5.48. The molecule has 1 aliphatic rings. The number of aromatic nitrogens is 4. The normalized spacial score (nSPS) is 16.3. The van der Waals surface area contributed by atoms with Crippen molar-refractivity contribution in [2.45, 2.75) is 18.8 Å². The molecule has 1 fully saturated rings. The van der Waals surface area contributed by atoms with Gasteiger partial charge in [-0.2, -0.15) is 5.21 Å². The van der Waals surface area contributed by atoms with E-state index in [0.717, 1.165) is 42.8 Å². The standard InChI is InChI=1S/C15H15N5O2/c21-14-9-12(11-3-1-2-4-13(11)22-14)20-7-5-10(6-8-20)15-16-18-19-17-15/h1-4,9-10H,5-8H2,(H,16,17,18,19).